The first-order valence-corrected chi connectivity index (χ1v) is 9.11. The number of ether oxygens (including phenoxy) is 1. The quantitative estimate of drug-likeness (QED) is 0.515. The van der Waals surface area contributed by atoms with Crippen LogP contribution in [-0.4, -0.2) is 18.5 Å². The molecule has 3 aromatic rings. The molecular formula is C19H15BrClN3O3. The Bertz CT molecular complexity index is 997. The van der Waals surface area contributed by atoms with Crippen LogP contribution in [0.25, 0.3) is 10.8 Å². The Morgan fingerprint density at radius 2 is 1.81 bits per heavy atom. The summed E-state index contributed by atoms with van der Waals surface area (Å²) < 4.78 is 6.29. The van der Waals surface area contributed by atoms with E-state index < -0.39 is 11.9 Å². The van der Waals surface area contributed by atoms with Gasteiger partial charge in [-0.15, -0.1) is 0 Å². The van der Waals surface area contributed by atoms with E-state index in [-0.39, 0.29) is 6.61 Å². The zero-order valence-electron chi connectivity index (χ0n) is 14.0. The van der Waals surface area contributed by atoms with Gasteiger partial charge in [0.05, 0.1) is 4.47 Å². The van der Waals surface area contributed by atoms with Crippen molar-refractivity contribution in [1.82, 2.24) is 10.9 Å². The molecule has 0 bridgehead atoms. The predicted octanol–water partition coefficient (Wildman–Crippen LogP) is 4.49. The fourth-order valence-corrected chi connectivity index (χ4v) is 3.16. The van der Waals surface area contributed by atoms with E-state index in [4.69, 9.17) is 16.3 Å². The largest absolute Gasteiger partial charge is 0.483 e. The van der Waals surface area contributed by atoms with E-state index in [1.165, 1.54) is 0 Å². The Kier molecular flexibility index (Phi) is 6.16. The van der Waals surface area contributed by atoms with Gasteiger partial charge in [0.2, 0.25) is 0 Å². The van der Waals surface area contributed by atoms with Gasteiger partial charge >= 0.3 is 6.03 Å². The lowest BCUT2D eigenvalue weighted by molar-refractivity contribution is -0.123. The lowest BCUT2D eigenvalue weighted by Crippen LogP contribution is -2.45. The second-order valence-electron chi connectivity index (χ2n) is 5.53. The third kappa shape index (κ3) is 5.12. The van der Waals surface area contributed by atoms with Gasteiger partial charge in [0.25, 0.3) is 5.91 Å². The minimum absolute atomic E-state index is 0.256. The molecule has 6 nitrogen and oxygen atoms in total. The monoisotopic (exact) mass is 447 g/mol. The summed E-state index contributed by atoms with van der Waals surface area (Å²) in [4.78, 5) is 23.7. The molecule has 0 radical (unpaired) electrons. The van der Waals surface area contributed by atoms with Crippen molar-refractivity contribution < 1.29 is 14.3 Å². The molecule has 3 amide bonds. The van der Waals surface area contributed by atoms with Crippen molar-refractivity contribution in [3.63, 3.8) is 0 Å². The van der Waals surface area contributed by atoms with Gasteiger partial charge in [-0.1, -0.05) is 48.0 Å². The molecule has 0 spiro atoms. The predicted molar refractivity (Wildman–Crippen MR) is 109 cm³/mol. The molecule has 8 heteroatoms. The van der Waals surface area contributed by atoms with Crippen LogP contribution in [0.3, 0.4) is 0 Å². The van der Waals surface area contributed by atoms with Crippen molar-refractivity contribution in [3.8, 4) is 5.75 Å². The van der Waals surface area contributed by atoms with Crippen LogP contribution in [0.15, 0.2) is 65.1 Å². The number of carbonyl (C=O) groups is 2. The Labute approximate surface area is 168 Å². The van der Waals surface area contributed by atoms with E-state index in [9.17, 15) is 9.59 Å². The van der Waals surface area contributed by atoms with Gasteiger partial charge in [0.15, 0.2) is 6.61 Å². The SMILES string of the molecule is O=C(COc1ccc2ccccc2c1Br)NNC(=O)Nc1cccc(Cl)c1. The molecule has 3 N–H and O–H groups in total. The van der Waals surface area contributed by atoms with Gasteiger partial charge in [-0.05, 0) is 51.0 Å². The molecule has 0 saturated heterocycles. The number of hydrogen-bond donors (Lipinski definition) is 3. The average molecular weight is 449 g/mol. The molecule has 0 fully saturated rings. The highest BCUT2D eigenvalue weighted by Gasteiger charge is 2.09. The number of fused-ring (bicyclic) bond motifs is 1. The van der Waals surface area contributed by atoms with Crippen molar-refractivity contribution in [2.45, 2.75) is 0 Å². The van der Waals surface area contributed by atoms with Crippen LogP contribution in [0.4, 0.5) is 10.5 Å². The molecule has 0 aliphatic heterocycles. The van der Waals surface area contributed by atoms with Crippen LogP contribution >= 0.6 is 27.5 Å². The van der Waals surface area contributed by atoms with Gasteiger partial charge in [0, 0.05) is 10.7 Å². The van der Waals surface area contributed by atoms with E-state index in [2.05, 4.69) is 32.1 Å². The molecule has 0 saturated carbocycles. The molecule has 0 aliphatic rings. The van der Waals surface area contributed by atoms with Gasteiger partial charge in [-0.25, -0.2) is 10.2 Å². The lowest BCUT2D eigenvalue weighted by atomic mass is 10.1. The molecule has 3 rings (SSSR count). The minimum Gasteiger partial charge on any atom is -0.483 e. The zero-order chi connectivity index (χ0) is 19.2. The number of benzene rings is 3. The van der Waals surface area contributed by atoms with Crippen molar-refractivity contribution in [2.75, 3.05) is 11.9 Å². The summed E-state index contributed by atoms with van der Waals surface area (Å²) in [5.74, 6) is 0.0310. The molecule has 3 aromatic carbocycles. The number of nitrogens with one attached hydrogen (secondary N) is 3. The van der Waals surface area contributed by atoms with Gasteiger partial charge in [-0.2, -0.15) is 0 Å². The van der Waals surface area contributed by atoms with E-state index in [0.29, 0.717) is 16.5 Å². The summed E-state index contributed by atoms with van der Waals surface area (Å²) in [7, 11) is 0. The molecule has 0 atom stereocenters. The van der Waals surface area contributed by atoms with Crippen LogP contribution in [-0.2, 0) is 4.79 Å². The summed E-state index contributed by atoms with van der Waals surface area (Å²) in [6.45, 7) is -0.256. The molecule has 0 unspecified atom stereocenters. The van der Waals surface area contributed by atoms with Crippen molar-refractivity contribution in [3.05, 3.63) is 70.2 Å². The number of hydrogen-bond acceptors (Lipinski definition) is 3. The number of halogens is 2. The van der Waals surface area contributed by atoms with Gasteiger partial charge in [-0.3, -0.25) is 10.2 Å². The van der Waals surface area contributed by atoms with E-state index in [0.717, 1.165) is 15.2 Å². The van der Waals surface area contributed by atoms with Crippen LogP contribution in [0.5, 0.6) is 5.75 Å². The van der Waals surface area contributed by atoms with Crippen molar-refractivity contribution >= 4 is 55.9 Å². The smallest absolute Gasteiger partial charge is 0.337 e. The molecule has 0 aromatic heterocycles. The zero-order valence-corrected chi connectivity index (χ0v) is 16.3. The Morgan fingerprint density at radius 3 is 2.63 bits per heavy atom. The molecular weight excluding hydrogens is 434 g/mol. The molecule has 0 aliphatic carbocycles. The summed E-state index contributed by atoms with van der Waals surface area (Å²) >= 11 is 9.33. The van der Waals surface area contributed by atoms with Crippen LogP contribution < -0.4 is 20.9 Å². The topological polar surface area (TPSA) is 79.5 Å². The average Bonchev–Trinajstić information content (AvgIpc) is 2.66. The lowest BCUT2D eigenvalue weighted by Gasteiger charge is -2.12. The van der Waals surface area contributed by atoms with Crippen LogP contribution in [0, 0.1) is 0 Å². The first-order chi connectivity index (χ1) is 13.0. The summed E-state index contributed by atoms with van der Waals surface area (Å²) in [6.07, 6.45) is 0. The first-order valence-electron chi connectivity index (χ1n) is 7.94. The second kappa shape index (κ2) is 8.75. The summed E-state index contributed by atoms with van der Waals surface area (Å²) in [5.41, 5.74) is 5.02. The highest BCUT2D eigenvalue weighted by molar-refractivity contribution is 9.10. The molecule has 27 heavy (non-hydrogen) atoms. The third-order valence-electron chi connectivity index (χ3n) is 3.58. The second-order valence-corrected chi connectivity index (χ2v) is 6.75. The number of carbonyl (C=O) groups excluding carboxylic acids is 2. The highest BCUT2D eigenvalue weighted by Crippen LogP contribution is 2.32. The highest BCUT2D eigenvalue weighted by atomic mass is 79.9. The summed E-state index contributed by atoms with van der Waals surface area (Å²) in [6, 6.07) is 17.5. The van der Waals surface area contributed by atoms with Gasteiger partial charge < -0.3 is 10.1 Å². The maximum atomic E-state index is 11.9. The van der Waals surface area contributed by atoms with Crippen molar-refractivity contribution in [2.24, 2.45) is 0 Å². The van der Waals surface area contributed by atoms with Crippen LogP contribution in [0.2, 0.25) is 5.02 Å². The number of urea groups is 1. The standard InChI is InChI=1S/C19H15BrClN3O3/c20-18-15-7-2-1-4-12(15)8-9-16(18)27-11-17(25)23-24-19(26)22-14-6-3-5-13(21)10-14/h1-10H,11H2,(H,23,25)(H2,22,24,26). The van der Waals surface area contributed by atoms with Gasteiger partial charge in [0.1, 0.15) is 5.75 Å². The summed E-state index contributed by atoms with van der Waals surface area (Å²) in [5, 5.41) is 5.07. The van der Waals surface area contributed by atoms with E-state index in [1.807, 2.05) is 30.3 Å². The fraction of sp³-hybridized carbons (Fsp3) is 0.0526. The van der Waals surface area contributed by atoms with E-state index >= 15 is 0 Å². The Morgan fingerprint density at radius 1 is 1.00 bits per heavy atom. The number of hydrazine groups is 1. The third-order valence-corrected chi connectivity index (χ3v) is 4.64. The fourth-order valence-electron chi connectivity index (χ4n) is 2.36. The van der Waals surface area contributed by atoms with Crippen molar-refractivity contribution in [1.29, 1.82) is 0 Å². The Balaban J connectivity index is 1.50. The van der Waals surface area contributed by atoms with E-state index in [1.54, 1.807) is 30.3 Å². The maximum Gasteiger partial charge on any atom is 0.337 e. The molecule has 0 heterocycles. The number of amides is 3. The minimum atomic E-state index is -0.600. The Hall–Kier alpha value is -2.77. The number of rotatable bonds is 4. The number of anilines is 1. The maximum absolute atomic E-state index is 11.9. The first kappa shape index (κ1) is 19.0. The normalized spacial score (nSPS) is 10.3. The molecule has 138 valence electrons. The van der Waals surface area contributed by atoms with Crippen LogP contribution in [0.1, 0.15) is 0 Å².